The predicted octanol–water partition coefficient (Wildman–Crippen LogP) is 2.32. The summed E-state index contributed by atoms with van der Waals surface area (Å²) in [5.74, 6) is 1.93. The third kappa shape index (κ3) is 5.48. The maximum atomic E-state index is 12.5. The first-order chi connectivity index (χ1) is 12.3. The minimum atomic E-state index is 0.260. The molecule has 0 bridgehead atoms. The fraction of sp³-hybridized carbons (Fsp3) is 0.600. The lowest BCUT2D eigenvalue weighted by Gasteiger charge is -2.29. The Morgan fingerprint density at radius 1 is 1.24 bits per heavy atom. The Kier molecular flexibility index (Phi) is 6.31. The summed E-state index contributed by atoms with van der Waals surface area (Å²) in [6.07, 6.45) is 5.04. The van der Waals surface area contributed by atoms with Crippen LogP contribution in [0.25, 0.3) is 0 Å². The van der Waals surface area contributed by atoms with Gasteiger partial charge in [0.25, 0.3) is 0 Å². The zero-order chi connectivity index (χ0) is 17.5. The van der Waals surface area contributed by atoms with Gasteiger partial charge in [-0.3, -0.25) is 9.79 Å². The molecule has 0 spiro atoms. The van der Waals surface area contributed by atoms with Gasteiger partial charge in [-0.2, -0.15) is 0 Å². The van der Waals surface area contributed by atoms with Crippen LogP contribution < -0.4 is 10.6 Å². The van der Waals surface area contributed by atoms with E-state index in [0.29, 0.717) is 6.42 Å². The lowest BCUT2D eigenvalue weighted by atomic mass is 9.99. The van der Waals surface area contributed by atoms with Crippen LogP contribution in [0.5, 0.6) is 0 Å². The normalized spacial score (nSPS) is 17.2. The highest BCUT2D eigenvalue weighted by molar-refractivity contribution is 5.80. The van der Waals surface area contributed by atoms with E-state index >= 15 is 0 Å². The van der Waals surface area contributed by atoms with Crippen molar-refractivity contribution in [2.45, 2.75) is 45.6 Å². The average Bonchev–Trinajstić information content (AvgIpc) is 3.47. The summed E-state index contributed by atoms with van der Waals surface area (Å²) in [5.41, 5.74) is 2.68. The third-order valence-corrected chi connectivity index (χ3v) is 4.89. The SMILES string of the molecule is CCNC(=NCC1CC1)NCCCC(=O)N1CCc2ccccc2C1. The molecule has 1 fully saturated rings. The van der Waals surface area contributed by atoms with Gasteiger partial charge in [0, 0.05) is 39.1 Å². The predicted molar refractivity (Wildman–Crippen MR) is 102 cm³/mol. The highest BCUT2D eigenvalue weighted by Crippen LogP contribution is 2.28. The number of guanidine groups is 1. The van der Waals surface area contributed by atoms with Gasteiger partial charge in [0.1, 0.15) is 0 Å². The number of hydrogen-bond acceptors (Lipinski definition) is 2. The van der Waals surface area contributed by atoms with Gasteiger partial charge >= 0.3 is 0 Å². The van der Waals surface area contributed by atoms with Gasteiger partial charge in [-0.1, -0.05) is 24.3 Å². The van der Waals surface area contributed by atoms with E-state index in [0.717, 1.165) is 57.4 Å². The second-order valence-electron chi connectivity index (χ2n) is 7.03. The molecule has 0 saturated heterocycles. The fourth-order valence-electron chi connectivity index (χ4n) is 3.18. The third-order valence-electron chi connectivity index (χ3n) is 4.89. The molecule has 136 valence electrons. The molecule has 1 aromatic rings. The molecule has 1 saturated carbocycles. The summed E-state index contributed by atoms with van der Waals surface area (Å²) in [4.78, 5) is 19.1. The van der Waals surface area contributed by atoms with Crippen LogP contribution in [0.15, 0.2) is 29.3 Å². The molecule has 2 N–H and O–H groups in total. The topological polar surface area (TPSA) is 56.7 Å². The Bertz CT molecular complexity index is 609. The molecular weight excluding hydrogens is 312 g/mol. The number of hydrogen-bond donors (Lipinski definition) is 2. The molecule has 1 amide bonds. The number of carbonyl (C=O) groups excluding carboxylic acids is 1. The lowest BCUT2D eigenvalue weighted by Crippen LogP contribution is -2.39. The number of aliphatic imine (C=N–C) groups is 1. The molecule has 1 heterocycles. The Labute approximate surface area is 150 Å². The van der Waals surface area contributed by atoms with E-state index in [2.05, 4.69) is 46.8 Å². The molecular formula is C20H30N4O. The molecule has 0 atom stereocenters. The van der Waals surface area contributed by atoms with Crippen molar-refractivity contribution in [2.75, 3.05) is 26.2 Å². The fourth-order valence-corrected chi connectivity index (χ4v) is 3.18. The maximum absolute atomic E-state index is 12.5. The molecule has 0 aromatic heterocycles. The molecule has 0 radical (unpaired) electrons. The number of nitrogens with zero attached hydrogens (tertiary/aromatic N) is 2. The summed E-state index contributed by atoms with van der Waals surface area (Å²) < 4.78 is 0. The number of benzene rings is 1. The smallest absolute Gasteiger partial charge is 0.222 e. The second kappa shape index (κ2) is 8.88. The van der Waals surface area contributed by atoms with Crippen molar-refractivity contribution in [3.8, 4) is 0 Å². The Morgan fingerprint density at radius 2 is 2.04 bits per heavy atom. The standard InChI is InChI=1S/C20H30N4O/c1-2-21-20(23-14-16-9-10-16)22-12-5-8-19(25)24-13-11-17-6-3-4-7-18(17)15-24/h3-4,6-7,16H,2,5,8-15H2,1H3,(H2,21,22,23). The summed E-state index contributed by atoms with van der Waals surface area (Å²) in [6.45, 7) is 6.24. The number of rotatable bonds is 7. The molecule has 25 heavy (non-hydrogen) atoms. The highest BCUT2D eigenvalue weighted by Gasteiger charge is 2.21. The van der Waals surface area contributed by atoms with E-state index in [9.17, 15) is 4.79 Å². The molecule has 1 aliphatic carbocycles. The maximum Gasteiger partial charge on any atom is 0.222 e. The van der Waals surface area contributed by atoms with Crippen molar-refractivity contribution in [1.82, 2.24) is 15.5 Å². The number of carbonyl (C=O) groups is 1. The van der Waals surface area contributed by atoms with E-state index in [4.69, 9.17) is 0 Å². The van der Waals surface area contributed by atoms with Crippen molar-refractivity contribution in [1.29, 1.82) is 0 Å². The van der Waals surface area contributed by atoms with Crippen LogP contribution in [0, 0.1) is 5.92 Å². The van der Waals surface area contributed by atoms with Crippen LogP contribution in [0.4, 0.5) is 0 Å². The molecule has 3 rings (SSSR count). The van der Waals surface area contributed by atoms with E-state index < -0.39 is 0 Å². The van der Waals surface area contributed by atoms with Gasteiger partial charge < -0.3 is 15.5 Å². The van der Waals surface area contributed by atoms with Crippen LogP contribution in [-0.4, -0.2) is 42.9 Å². The summed E-state index contributed by atoms with van der Waals surface area (Å²) in [6, 6.07) is 8.44. The molecule has 2 aliphatic rings. The summed E-state index contributed by atoms with van der Waals surface area (Å²) in [5, 5.41) is 6.62. The Hall–Kier alpha value is -2.04. The molecule has 0 unspecified atom stereocenters. The molecule has 5 nitrogen and oxygen atoms in total. The van der Waals surface area contributed by atoms with Crippen LogP contribution in [-0.2, 0) is 17.8 Å². The van der Waals surface area contributed by atoms with Gasteiger partial charge in [0.2, 0.25) is 5.91 Å². The molecule has 1 aromatic carbocycles. The van der Waals surface area contributed by atoms with Crippen molar-refractivity contribution < 1.29 is 4.79 Å². The van der Waals surface area contributed by atoms with Gasteiger partial charge in [-0.05, 0) is 49.7 Å². The van der Waals surface area contributed by atoms with E-state index in [-0.39, 0.29) is 5.91 Å². The lowest BCUT2D eigenvalue weighted by molar-refractivity contribution is -0.132. The molecule has 5 heteroatoms. The van der Waals surface area contributed by atoms with Gasteiger partial charge in [-0.25, -0.2) is 0 Å². The van der Waals surface area contributed by atoms with Crippen LogP contribution in [0.2, 0.25) is 0 Å². The van der Waals surface area contributed by atoms with Gasteiger partial charge in [-0.15, -0.1) is 0 Å². The zero-order valence-electron chi connectivity index (χ0n) is 15.3. The molecule has 1 aliphatic heterocycles. The Morgan fingerprint density at radius 3 is 2.80 bits per heavy atom. The van der Waals surface area contributed by atoms with Crippen LogP contribution in [0.1, 0.15) is 43.7 Å². The van der Waals surface area contributed by atoms with Crippen molar-refractivity contribution in [2.24, 2.45) is 10.9 Å². The van der Waals surface area contributed by atoms with Crippen LogP contribution in [0.3, 0.4) is 0 Å². The first-order valence-electron chi connectivity index (χ1n) is 9.63. The van der Waals surface area contributed by atoms with Crippen molar-refractivity contribution in [3.05, 3.63) is 35.4 Å². The van der Waals surface area contributed by atoms with E-state index in [1.807, 2.05) is 4.90 Å². The highest BCUT2D eigenvalue weighted by atomic mass is 16.2. The first kappa shape index (κ1) is 17.8. The van der Waals surface area contributed by atoms with E-state index in [1.54, 1.807) is 0 Å². The Balaban J connectivity index is 1.38. The van der Waals surface area contributed by atoms with Crippen LogP contribution >= 0.6 is 0 Å². The van der Waals surface area contributed by atoms with Crippen molar-refractivity contribution >= 4 is 11.9 Å². The van der Waals surface area contributed by atoms with Gasteiger partial charge in [0.15, 0.2) is 5.96 Å². The largest absolute Gasteiger partial charge is 0.357 e. The minimum Gasteiger partial charge on any atom is -0.357 e. The minimum absolute atomic E-state index is 0.260. The number of nitrogens with one attached hydrogen (secondary N) is 2. The summed E-state index contributed by atoms with van der Waals surface area (Å²) in [7, 11) is 0. The number of fused-ring (bicyclic) bond motifs is 1. The van der Waals surface area contributed by atoms with Gasteiger partial charge in [0.05, 0.1) is 0 Å². The zero-order valence-corrected chi connectivity index (χ0v) is 15.3. The monoisotopic (exact) mass is 342 g/mol. The first-order valence-corrected chi connectivity index (χ1v) is 9.63. The van der Waals surface area contributed by atoms with E-state index in [1.165, 1.54) is 24.0 Å². The average molecular weight is 342 g/mol. The number of amides is 1. The second-order valence-corrected chi connectivity index (χ2v) is 7.03. The quantitative estimate of drug-likeness (QED) is 0.454. The van der Waals surface area contributed by atoms with Crippen molar-refractivity contribution in [3.63, 3.8) is 0 Å². The summed E-state index contributed by atoms with van der Waals surface area (Å²) >= 11 is 0.